The Hall–Kier alpha value is -3.39. The van der Waals surface area contributed by atoms with Gasteiger partial charge in [-0.25, -0.2) is 4.79 Å². The van der Waals surface area contributed by atoms with E-state index >= 15 is 0 Å². The van der Waals surface area contributed by atoms with Gasteiger partial charge in [0.2, 0.25) is 11.8 Å². The van der Waals surface area contributed by atoms with Gasteiger partial charge in [-0.05, 0) is 28.7 Å². The molecule has 0 spiro atoms. The Bertz CT molecular complexity index is 931. The highest BCUT2D eigenvalue weighted by molar-refractivity contribution is 5.86. The Balaban J connectivity index is 0.000000177. The average Bonchev–Trinajstić information content (AvgIpc) is 3.01. The summed E-state index contributed by atoms with van der Waals surface area (Å²) in [5.41, 5.74) is 10.2. The van der Waals surface area contributed by atoms with Crippen molar-refractivity contribution in [2.75, 3.05) is 7.11 Å². The van der Waals surface area contributed by atoms with Crippen LogP contribution in [0.1, 0.15) is 22.3 Å². The van der Waals surface area contributed by atoms with Crippen LogP contribution in [-0.4, -0.2) is 37.1 Å². The molecule has 0 aliphatic carbocycles. The van der Waals surface area contributed by atoms with E-state index in [-0.39, 0.29) is 11.8 Å². The number of hydrogen-bond donors (Lipinski definition) is 4. The molecule has 0 saturated heterocycles. The van der Waals surface area contributed by atoms with Gasteiger partial charge in [-0.3, -0.25) is 9.59 Å². The normalized spacial score (nSPS) is 19.9. The summed E-state index contributed by atoms with van der Waals surface area (Å²) in [5.74, 6) is -0.247. The first-order valence-electron chi connectivity index (χ1n) is 9.77. The number of ether oxygens (including phenoxy) is 1. The molecule has 0 bridgehead atoms. The molecule has 2 unspecified atom stereocenters. The van der Waals surface area contributed by atoms with E-state index in [1.165, 1.54) is 18.2 Å². The van der Waals surface area contributed by atoms with E-state index in [2.05, 4.69) is 20.7 Å². The number of fused-ring (bicyclic) bond motifs is 2. The SMILES string of the molecule is COC(=O)NC1Cc2ccccc2CNC1=O.NC1Cc2ccccc2CNC1=O. The Kier molecular flexibility index (Phi) is 7.03. The molecule has 2 heterocycles. The fraction of sp³-hybridized carbons (Fsp3) is 0.318. The second-order valence-electron chi connectivity index (χ2n) is 7.18. The molecule has 8 nitrogen and oxygen atoms in total. The molecule has 2 atom stereocenters. The monoisotopic (exact) mass is 410 g/mol. The van der Waals surface area contributed by atoms with Gasteiger partial charge in [0.05, 0.1) is 13.2 Å². The number of methoxy groups -OCH3 is 1. The van der Waals surface area contributed by atoms with Crippen LogP contribution in [0, 0.1) is 0 Å². The van der Waals surface area contributed by atoms with E-state index in [1.807, 2.05) is 48.5 Å². The van der Waals surface area contributed by atoms with Gasteiger partial charge in [0.25, 0.3) is 0 Å². The second-order valence-corrected chi connectivity index (χ2v) is 7.18. The van der Waals surface area contributed by atoms with Gasteiger partial charge in [0.15, 0.2) is 0 Å². The summed E-state index contributed by atoms with van der Waals surface area (Å²) in [6, 6.07) is 14.8. The number of benzene rings is 2. The van der Waals surface area contributed by atoms with Gasteiger partial charge in [-0.15, -0.1) is 0 Å². The molecule has 2 aromatic carbocycles. The van der Waals surface area contributed by atoms with Crippen LogP contribution >= 0.6 is 0 Å². The molecule has 30 heavy (non-hydrogen) atoms. The van der Waals surface area contributed by atoms with Crippen molar-refractivity contribution < 1.29 is 19.1 Å². The van der Waals surface area contributed by atoms with Gasteiger partial charge in [0, 0.05) is 19.5 Å². The average molecular weight is 410 g/mol. The number of carbonyl (C=O) groups excluding carboxylic acids is 3. The van der Waals surface area contributed by atoms with Crippen LogP contribution < -0.4 is 21.7 Å². The third-order valence-electron chi connectivity index (χ3n) is 5.14. The fourth-order valence-corrected chi connectivity index (χ4v) is 3.44. The van der Waals surface area contributed by atoms with Gasteiger partial charge in [0.1, 0.15) is 6.04 Å². The van der Waals surface area contributed by atoms with Crippen LogP contribution in [0.15, 0.2) is 48.5 Å². The lowest BCUT2D eigenvalue weighted by Gasteiger charge is -2.14. The van der Waals surface area contributed by atoms with E-state index in [1.54, 1.807) is 0 Å². The molecular weight excluding hydrogens is 384 g/mol. The second kappa shape index (κ2) is 9.89. The van der Waals surface area contributed by atoms with E-state index < -0.39 is 18.2 Å². The summed E-state index contributed by atoms with van der Waals surface area (Å²) in [6.45, 7) is 1.09. The largest absolute Gasteiger partial charge is 0.453 e. The standard InChI is InChI=1S/C12H14N2O3.C10H12N2O/c1-17-12(16)14-10-6-8-4-2-3-5-9(8)7-13-11(10)15;11-9-5-7-3-1-2-4-8(7)6-12-10(9)13/h2-5,10H,6-7H2,1H3,(H,13,15)(H,14,16);1-4,9H,5-6,11H2,(H,12,13). The quantitative estimate of drug-likeness (QED) is 0.553. The van der Waals surface area contributed by atoms with E-state index in [4.69, 9.17) is 5.73 Å². The van der Waals surface area contributed by atoms with Crippen molar-refractivity contribution in [3.05, 3.63) is 70.8 Å². The predicted molar refractivity (Wildman–Crippen MR) is 111 cm³/mol. The van der Waals surface area contributed by atoms with Crippen molar-refractivity contribution in [1.82, 2.24) is 16.0 Å². The van der Waals surface area contributed by atoms with Gasteiger partial charge in [-0.1, -0.05) is 48.5 Å². The maximum atomic E-state index is 11.8. The van der Waals surface area contributed by atoms with Crippen molar-refractivity contribution in [2.45, 2.75) is 38.0 Å². The van der Waals surface area contributed by atoms with E-state index in [0.29, 0.717) is 25.9 Å². The molecule has 2 aromatic rings. The van der Waals surface area contributed by atoms with Crippen LogP contribution in [0.5, 0.6) is 0 Å². The van der Waals surface area contributed by atoms with E-state index in [0.717, 1.165) is 11.1 Å². The summed E-state index contributed by atoms with van der Waals surface area (Å²) in [5, 5.41) is 8.08. The van der Waals surface area contributed by atoms with Gasteiger partial charge >= 0.3 is 6.09 Å². The van der Waals surface area contributed by atoms with Crippen molar-refractivity contribution >= 4 is 17.9 Å². The summed E-state index contributed by atoms with van der Waals surface area (Å²) in [6.07, 6.45) is 0.531. The third kappa shape index (κ3) is 5.36. The molecule has 0 radical (unpaired) electrons. The zero-order valence-corrected chi connectivity index (χ0v) is 16.8. The highest BCUT2D eigenvalue weighted by Crippen LogP contribution is 2.15. The minimum absolute atomic E-state index is 0.0591. The maximum Gasteiger partial charge on any atom is 0.407 e. The van der Waals surface area contributed by atoms with Crippen molar-refractivity contribution in [1.29, 1.82) is 0 Å². The molecule has 0 aromatic heterocycles. The third-order valence-corrected chi connectivity index (χ3v) is 5.14. The molecule has 0 fully saturated rings. The molecule has 2 aliphatic heterocycles. The van der Waals surface area contributed by atoms with Gasteiger partial charge in [-0.2, -0.15) is 0 Å². The molecule has 4 rings (SSSR count). The predicted octanol–water partition coefficient (Wildman–Crippen LogP) is 0.770. The lowest BCUT2D eigenvalue weighted by molar-refractivity contribution is -0.123. The minimum atomic E-state index is -0.593. The Morgan fingerprint density at radius 1 is 0.900 bits per heavy atom. The summed E-state index contributed by atoms with van der Waals surface area (Å²) >= 11 is 0. The zero-order chi connectivity index (χ0) is 21.5. The first kappa shape index (κ1) is 21.3. The molecule has 0 saturated carbocycles. The molecule has 8 heteroatoms. The number of hydrogen-bond acceptors (Lipinski definition) is 5. The lowest BCUT2D eigenvalue weighted by Crippen LogP contribution is -2.46. The van der Waals surface area contributed by atoms with Crippen LogP contribution in [-0.2, 0) is 40.3 Å². The van der Waals surface area contributed by atoms with Crippen LogP contribution in [0.4, 0.5) is 4.79 Å². The van der Waals surface area contributed by atoms with Crippen LogP contribution in [0.25, 0.3) is 0 Å². The van der Waals surface area contributed by atoms with Crippen molar-refractivity contribution in [2.24, 2.45) is 5.73 Å². The van der Waals surface area contributed by atoms with Crippen LogP contribution in [0.2, 0.25) is 0 Å². The number of nitrogens with one attached hydrogen (secondary N) is 3. The number of alkyl carbamates (subject to hydrolysis) is 1. The number of amides is 3. The van der Waals surface area contributed by atoms with Gasteiger partial charge < -0.3 is 26.4 Å². The van der Waals surface area contributed by atoms with Crippen LogP contribution in [0.3, 0.4) is 0 Å². The zero-order valence-electron chi connectivity index (χ0n) is 16.8. The molecular formula is C22H26N4O4. The smallest absolute Gasteiger partial charge is 0.407 e. The molecule has 3 amide bonds. The molecule has 2 aliphatic rings. The summed E-state index contributed by atoms with van der Waals surface area (Å²) in [4.78, 5) is 34.1. The Morgan fingerprint density at radius 3 is 1.97 bits per heavy atom. The number of nitrogens with two attached hydrogens (primary N) is 1. The summed E-state index contributed by atoms with van der Waals surface area (Å²) in [7, 11) is 1.28. The topological polar surface area (TPSA) is 123 Å². The highest BCUT2D eigenvalue weighted by Gasteiger charge is 2.25. The van der Waals surface area contributed by atoms with Crippen molar-refractivity contribution in [3.8, 4) is 0 Å². The first-order chi connectivity index (χ1) is 14.5. The molecule has 158 valence electrons. The number of carbonyl (C=O) groups is 3. The fourth-order valence-electron chi connectivity index (χ4n) is 3.44. The Morgan fingerprint density at radius 2 is 1.40 bits per heavy atom. The summed E-state index contributed by atoms with van der Waals surface area (Å²) < 4.78 is 4.50. The number of rotatable bonds is 1. The first-order valence-corrected chi connectivity index (χ1v) is 9.77. The molecule has 5 N–H and O–H groups in total. The maximum absolute atomic E-state index is 11.8. The minimum Gasteiger partial charge on any atom is -0.453 e. The Labute approximate surface area is 175 Å². The van der Waals surface area contributed by atoms with E-state index in [9.17, 15) is 14.4 Å². The van der Waals surface area contributed by atoms with Crippen molar-refractivity contribution in [3.63, 3.8) is 0 Å². The highest BCUT2D eigenvalue weighted by atomic mass is 16.5. The lowest BCUT2D eigenvalue weighted by atomic mass is 10.0.